The lowest BCUT2D eigenvalue weighted by atomic mass is 10.0. The SMILES string of the molecule is Cc1ccc(NC(=O)c2ccc(CN3CCC[C@@H](N)C3)c(C(F)(F)F)c2)cc1Nc1nccc(-c2cncnc2)n1. The number of likely N-dealkylation sites (tertiary alicyclic amines) is 1. The number of carbonyl (C=O) groups is 1. The third kappa shape index (κ3) is 7.02. The molecule has 1 atom stereocenters. The fourth-order valence-corrected chi connectivity index (χ4v) is 4.76. The summed E-state index contributed by atoms with van der Waals surface area (Å²) < 4.78 is 42.0. The van der Waals surface area contributed by atoms with Crippen molar-refractivity contribution in [2.24, 2.45) is 5.73 Å². The summed E-state index contributed by atoms with van der Waals surface area (Å²) in [5.74, 6) is -0.336. The number of benzene rings is 2. The van der Waals surface area contributed by atoms with Gasteiger partial charge in [-0.1, -0.05) is 12.1 Å². The van der Waals surface area contributed by atoms with Gasteiger partial charge in [0.15, 0.2) is 0 Å². The Bertz CT molecular complexity index is 1530. The van der Waals surface area contributed by atoms with E-state index in [0.29, 0.717) is 36.1 Å². The molecule has 0 unspecified atom stereocenters. The van der Waals surface area contributed by atoms with Crippen molar-refractivity contribution in [2.45, 2.75) is 38.5 Å². The van der Waals surface area contributed by atoms with Crippen LogP contribution >= 0.6 is 0 Å². The smallest absolute Gasteiger partial charge is 0.327 e. The molecule has 1 fully saturated rings. The highest BCUT2D eigenvalue weighted by molar-refractivity contribution is 6.04. The first kappa shape index (κ1) is 28.1. The fourth-order valence-electron chi connectivity index (χ4n) is 4.76. The number of nitrogens with two attached hydrogens (primary N) is 1. The average molecular weight is 563 g/mol. The Hall–Kier alpha value is -4.42. The summed E-state index contributed by atoms with van der Waals surface area (Å²) in [7, 11) is 0. The van der Waals surface area contributed by atoms with Gasteiger partial charge in [0, 0.05) is 60.2 Å². The Kier molecular flexibility index (Phi) is 8.22. The highest BCUT2D eigenvalue weighted by Crippen LogP contribution is 2.34. The van der Waals surface area contributed by atoms with Crippen LogP contribution in [-0.2, 0) is 12.7 Å². The van der Waals surface area contributed by atoms with Crippen molar-refractivity contribution in [3.05, 3.63) is 89.6 Å². The molecule has 1 aliphatic rings. The molecule has 212 valence electrons. The predicted octanol–water partition coefficient (Wildman–Crippen LogP) is 5.18. The van der Waals surface area contributed by atoms with Crippen molar-refractivity contribution in [3.8, 4) is 11.3 Å². The second-order valence-corrected chi connectivity index (χ2v) is 10.0. The zero-order valence-corrected chi connectivity index (χ0v) is 22.3. The number of nitrogens with zero attached hydrogens (tertiary/aromatic N) is 5. The molecular weight excluding hydrogens is 533 g/mol. The number of alkyl halides is 3. The second-order valence-electron chi connectivity index (χ2n) is 10.0. The van der Waals surface area contributed by atoms with E-state index >= 15 is 0 Å². The molecule has 41 heavy (non-hydrogen) atoms. The Balaban J connectivity index is 1.33. The quantitative estimate of drug-likeness (QED) is 0.282. The summed E-state index contributed by atoms with van der Waals surface area (Å²) in [5.41, 5.74) is 8.42. The molecule has 1 aliphatic heterocycles. The van der Waals surface area contributed by atoms with E-state index in [0.717, 1.165) is 30.0 Å². The van der Waals surface area contributed by atoms with Gasteiger partial charge in [0.05, 0.1) is 11.3 Å². The first-order valence-corrected chi connectivity index (χ1v) is 13.1. The minimum atomic E-state index is -4.61. The number of rotatable bonds is 7. The van der Waals surface area contributed by atoms with E-state index in [1.165, 1.54) is 18.5 Å². The topological polar surface area (TPSA) is 122 Å². The minimum Gasteiger partial charge on any atom is -0.327 e. The summed E-state index contributed by atoms with van der Waals surface area (Å²) in [6.45, 7) is 3.22. The van der Waals surface area contributed by atoms with Crippen LogP contribution in [0.2, 0.25) is 0 Å². The number of piperidine rings is 1. The molecule has 9 nitrogen and oxygen atoms in total. The Morgan fingerprint density at radius 2 is 1.93 bits per heavy atom. The molecule has 0 saturated carbocycles. The maximum absolute atomic E-state index is 14.0. The molecule has 0 radical (unpaired) electrons. The number of amides is 1. The Morgan fingerprint density at radius 3 is 2.68 bits per heavy atom. The van der Waals surface area contributed by atoms with E-state index in [1.807, 2.05) is 11.8 Å². The fraction of sp³-hybridized carbons (Fsp3) is 0.276. The van der Waals surface area contributed by atoms with E-state index in [1.54, 1.807) is 42.9 Å². The highest BCUT2D eigenvalue weighted by Gasteiger charge is 2.34. The highest BCUT2D eigenvalue weighted by atomic mass is 19.4. The molecule has 12 heteroatoms. The van der Waals surface area contributed by atoms with E-state index in [2.05, 4.69) is 30.6 Å². The van der Waals surface area contributed by atoms with E-state index in [4.69, 9.17) is 5.73 Å². The lowest BCUT2D eigenvalue weighted by Crippen LogP contribution is -2.42. The summed E-state index contributed by atoms with van der Waals surface area (Å²) in [5, 5.41) is 5.84. The molecule has 0 bridgehead atoms. The number of anilines is 3. The van der Waals surface area contributed by atoms with Crippen LogP contribution in [0, 0.1) is 6.92 Å². The molecule has 1 amide bonds. The summed E-state index contributed by atoms with van der Waals surface area (Å²) in [6.07, 6.45) is 3.40. The standard InChI is InChI=1S/C29H29F3N8O/c1-18-4-7-23(12-26(18)39-28-36-9-8-25(38-28)21-13-34-17-35-14-21)37-27(41)19-5-6-20(24(11-19)29(30,31)32)15-40-10-2-3-22(33)16-40/h4-9,11-14,17,22H,2-3,10,15-16,33H2,1H3,(H,37,41)(H,36,38,39)/t22-/m1/s1. The van der Waals surface area contributed by atoms with Crippen molar-refractivity contribution < 1.29 is 18.0 Å². The Morgan fingerprint density at radius 1 is 1.12 bits per heavy atom. The first-order valence-electron chi connectivity index (χ1n) is 13.1. The molecule has 0 aliphatic carbocycles. The predicted molar refractivity (Wildman–Crippen MR) is 149 cm³/mol. The van der Waals surface area contributed by atoms with E-state index in [9.17, 15) is 18.0 Å². The normalized spacial score (nSPS) is 15.9. The van der Waals surface area contributed by atoms with Crippen LogP contribution in [0.4, 0.5) is 30.5 Å². The van der Waals surface area contributed by atoms with Gasteiger partial charge < -0.3 is 16.4 Å². The summed E-state index contributed by atoms with van der Waals surface area (Å²) >= 11 is 0. The van der Waals surface area contributed by atoms with Crippen LogP contribution in [0.25, 0.3) is 11.3 Å². The minimum absolute atomic E-state index is 0.0500. The molecule has 2 aromatic carbocycles. The average Bonchev–Trinajstić information content (AvgIpc) is 2.95. The molecule has 4 aromatic rings. The van der Waals surface area contributed by atoms with E-state index in [-0.39, 0.29) is 23.7 Å². The molecular formula is C29H29F3N8O. The number of aryl methyl sites for hydroxylation is 1. The number of aromatic nitrogens is 4. The number of hydrogen-bond acceptors (Lipinski definition) is 8. The lowest BCUT2D eigenvalue weighted by Gasteiger charge is -2.31. The number of carbonyl (C=O) groups excluding carboxylic acids is 1. The molecule has 4 N–H and O–H groups in total. The van der Waals surface area contributed by atoms with Crippen LogP contribution in [-0.4, -0.2) is 49.9 Å². The van der Waals surface area contributed by atoms with Crippen molar-refractivity contribution in [3.63, 3.8) is 0 Å². The van der Waals surface area contributed by atoms with E-state index < -0.39 is 17.6 Å². The third-order valence-electron chi connectivity index (χ3n) is 6.87. The second kappa shape index (κ2) is 12.0. The number of halogens is 3. The monoisotopic (exact) mass is 562 g/mol. The zero-order valence-electron chi connectivity index (χ0n) is 22.3. The molecule has 1 saturated heterocycles. The first-order chi connectivity index (χ1) is 19.7. The number of hydrogen-bond donors (Lipinski definition) is 3. The van der Waals surface area contributed by atoms with Crippen molar-refractivity contribution in [1.82, 2.24) is 24.8 Å². The van der Waals surface area contributed by atoms with Crippen LogP contribution in [0.3, 0.4) is 0 Å². The maximum Gasteiger partial charge on any atom is 0.416 e. The summed E-state index contributed by atoms with van der Waals surface area (Å²) in [4.78, 5) is 31.7. The number of nitrogens with one attached hydrogen (secondary N) is 2. The van der Waals surface area contributed by atoms with Crippen LogP contribution in [0.15, 0.2) is 67.4 Å². The van der Waals surface area contributed by atoms with Crippen molar-refractivity contribution in [1.29, 1.82) is 0 Å². The molecule has 2 aromatic heterocycles. The van der Waals surface area contributed by atoms with Gasteiger partial charge >= 0.3 is 6.18 Å². The van der Waals surface area contributed by atoms with Crippen LogP contribution in [0.1, 0.15) is 39.9 Å². The van der Waals surface area contributed by atoms with Crippen molar-refractivity contribution >= 4 is 23.2 Å². The van der Waals surface area contributed by atoms with Gasteiger partial charge in [0.1, 0.15) is 6.33 Å². The third-order valence-corrected chi connectivity index (χ3v) is 6.87. The van der Waals surface area contributed by atoms with Gasteiger partial charge in [0.25, 0.3) is 5.91 Å². The van der Waals surface area contributed by atoms with Gasteiger partial charge in [-0.3, -0.25) is 9.69 Å². The zero-order chi connectivity index (χ0) is 29.0. The summed E-state index contributed by atoms with van der Waals surface area (Å²) in [6, 6.07) is 10.5. The van der Waals surface area contributed by atoms with Crippen LogP contribution < -0.4 is 16.4 Å². The van der Waals surface area contributed by atoms with Gasteiger partial charge in [-0.05, 0) is 67.8 Å². The Labute approximate surface area is 235 Å². The van der Waals surface area contributed by atoms with Gasteiger partial charge in [-0.2, -0.15) is 13.2 Å². The van der Waals surface area contributed by atoms with Gasteiger partial charge in [0.2, 0.25) is 5.95 Å². The lowest BCUT2D eigenvalue weighted by molar-refractivity contribution is -0.138. The largest absolute Gasteiger partial charge is 0.416 e. The molecule has 3 heterocycles. The van der Waals surface area contributed by atoms with Crippen molar-refractivity contribution in [2.75, 3.05) is 23.7 Å². The maximum atomic E-state index is 14.0. The molecule has 5 rings (SSSR count). The van der Waals surface area contributed by atoms with Crippen LogP contribution in [0.5, 0.6) is 0 Å². The molecule has 0 spiro atoms. The van der Waals surface area contributed by atoms with Gasteiger partial charge in [-0.25, -0.2) is 19.9 Å². The van der Waals surface area contributed by atoms with Gasteiger partial charge in [-0.15, -0.1) is 0 Å².